The zero-order chi connectivity index (χ0) is 21.3. The number of carbonyl (C=O) groups excluding carboxylic acids is 2. The summed E-state index contributed by atoms with van der Waals surface area (Å²) in [6.45, 7) is 0.488. The van der Waals surface area contributed by atoms with E-state index in [4.69, 9.17) is 0 Å². The second-order valence-electron chi connectivity index (χ2n) is 7.39. The van der Waals surface area contributed by atoms with Crippen LogP contribution < -0.4 is 15.4 Å². The Labute approximate surface area is 176 Å². The number of hydrogen-bond donors (Lipinski definition) is 4. The van der Waals surface area contributed by atoms with Crippen LogP contribution in [0.5, 0.6) is 0 Å². The summed E-state index contributed by atoms with van der Waals surface area (Å²) in [6, 6.07) is 5.47. The molecule has 8 heteroatoms. The Bertz CT molecular complexity index is 731. The number of allylic oxidation sites excluding steroid dienone is 2. The number of nitrogens with one attached hydrogen (secondary N) is 3. The van der Waals surface area contributed by atoms with Gasteiger partial charge in [-0.1, -0.05) is 25.0 Å². The van der Waals surface area contributed by atoms with Crippen LogP contribution in [-0.2, 0) is 11.2 Å². The smallest absolute Gasteiger partial charge is 0.251 e. The molecular weight excluding hydrogens is 396 g/mol. The summed E-state index contributed by atoms with van der Waals surface area (Å²) in [7, 11) is 1.79. The maximum absolute atomic E-state index is 13.2. The van der Waals surface area contributed by atoms with Crippen molar-refractivity contribution in [3.8, 4) is 0 Å². The van der Waals surface area contributed by atoms with Crippen LogP contribution in [0.1, 0.15) is 54.4 Å². The molecule has 5 nitrogen and oxygen atoms in total. The van der Waals surface area contributed by atoms with Gasteiger partial charge in [0.25, 0.3) is 5.91 Å². The fourth-order valence-electron chi connectivity index (χ4n) is 3.55. The number of amides is 1. The number of halogens is 2. The molecular formula is C21H29F2N3O2S. The number of benzene rings is 1. The van der Waals surface area contributed by atoms with E-state index in [-0.39, 0.29) is 24.7 Å². The Kier molecular flexibility index (Phi) is 8.95. The lowest BCUT2D eigenvalue weighted by Gasteiger charge is -2.28. The molecule has 1 aromatic rings. The van der Waals surface area contributed by atoms with Gasteiger partial charge < -0.3 is 15.4 Å². The number of hydrogen-bond acceptors (Lipinski definition) is 5. The van der Waals surface area contributed by atoms with E-state index in [9.17, 15) is 18.4 Å². The molecule has 1 fully saturated rings. The second-order valence-corrected chi connectivity index (χ2v) is 7.62. The van der Waals surface area contributed by atoms with Crippen molar-refractivity contribution < 1.29 is 18.4 Å². The maximum Gasteiger partial charge on any atom is 0.251 e. The summed E-state index contributed by atoms with van der Waals surface area (Å²) in [5.74, 6) is -2.43. The first-order valence-corrected chi connectivity index (χ1v) is 10.4. The van der Waals surface area contributed by atoms with Crippen LogP contribution in [0.3, 0.4) is 0 Å². The quantitative estimate of drug-likeness (QED) is 0.259. The Morgan fingerprint density at radius 3 is 2.66 bits per heavy atom. The van der Waals surface area contributed by atoms with E-state index in [1.54, 1.807) is 25.3 Å². The van der Waals surface area contributed by atoms with Gasteiger partial charge in [-0.25, -0.2) is 8.78 Å². The molecule has 2 rings (SSSR count). The Hall–Kier alpha value is -2.09. The summed E-state index contributed by atoms with van der Waals surface area (Å²) in [5, 5.41) is 5.99. The third kappa shape index (κ3) is 7.34. The monoisotopic (exact) mass is 425 g/mol. The first-order valence-electron chi connectivity index (χ1n) is 9.90. The first-order chi connectivity index (χ1) is 13.9. The van der Waals surface area contributed by atoms with E-state index in [1.165, 1.54) is 0 Å². The summed E-state index contributed by atoms with van der Waals surface area (Å²) in [4.78, 5) is 23.2. The number of carbonyl (C=O) groups is 2. The Morgan fingerprint density at radius 2 is 2.03 bits per heavy atom. The van der Waals surface area contributed by atoms with Gasteiger partial charge in [0.2, 0.25) is 5.92 Å². The largest absolute Gasteiger partial charge is 0.388 e. The van der Waals surface area contributed by atoms with E-state index in [1.807, 2.05) is 6.07 Å². The van der Waals surface area contributed by atoms with Crippen molar-refractivity contribution in [3.63, 3.8) is 0 Å². The SMILES string of the molecule is CNc1cc(C(=O)NCCC2CCC(F)(F)CC2)ccc1CC/C=C(/C=O)NS. The normalized spacial score (nSPS) is 16.9. The molecule has 29 heavy (non-hydrogen) atoms. The van der Waals surface area contributed by atoms with Crippen molar-refractivity contribution in [2.45, 2.75) is 50.9 Å². The minimum Gasteiger partial charge on any atom is -0.388 e. The average Bonchev–Trinajstić information content (AvgIpc) is 2.72. The first kappa shape index (κ1) is 23.2. The standard InChI is InChI=1S/C21H29F2N3O2S/c1-24-19-13-17(6-5-16(19)3-2-4-18(14-27)26-29)20(28)25-12-9-15-7-10-21(22,23)11-8-15/h4-6,13-15,24,26,29H,2-3,7-12H2,1H3,(H,25,28)/b18-4-. The molecule has 1 aliphatic carbocycles. The highest BCUT2D eigenvalue weighted by atomic mass is 32.1. The molecule has 0 unspecified atom stereocenters. The van der Waals surface area contributed by atoms with Crippen molar-refractivity contribution in [1.82, 2.24) is 10.0 Å². The lowest BCUT2D eigenvalue weighted by Crippen LogP contribution is -2.29. The van der Waals surface area contributed by atoms with Crippen molar-refractivity contribution in [1.29, 1.82) is 0 Å². The molecule has 1 saturated carbocycles. The molecule has 1 aliphatic rings. The molecule has 3 N–H and O–H groups in total. The molecule has 0 saturated heterocycles. The fraction of sp³-hybridized carbons (Fsp3) is 0.524. The fourth-order valence-corrected chi connectivity index (χ4v) is 3.70. The van der Waals surface area contributed by atoms with E-state index < -0.39 is 5.92 Å². The van der Waals surface area contributed by atoms with Crippen molar-refractivity contribution in [3.05, 3.63) is 41.1 Å². The highest BCUT2D eigenvalue weighted by Crippen LogP contribution is 2.37. The zero-order valence-electron chi connectivity index (χ0n) is 16.6. The minimum absolute atomic E-state index is 0.0494. The summed E-state index contributed by atoms with van der Waals surface area (Å²) in [5.41, 5.74) is 2.85. The molecule has 1 aromatic carbocycles. The van der Waals surface area contributed by atoms with Crippen molar-refractivity contribution >= 4 is 30.7 Å². The topological polar surface area (TPSA) is 70.2 Å². The third-order valence-corrected chi connectivity index (χ3v) is 5.61. The number of anilines is 1. The molecule has 0 radical (unpaired) electrons. The van der Waals surface area contributed by atoms with Gasteiger partial charge in [0.1, 0.15) is 0 Å². The molecule has 0 aliphatic heterocycles. The third-order valence-electron chi connectivity index (χ3n) is 5.35. The lowest BCUT2D eigenvalue weighted by molar-refractivity contribution is -0.105. The number of aldehydes is 1. The number of aryl methyl sites for hydroxylation is 1. The van der Waals surface area contributed by atoms with E-state index in [0.29, 0.717) is 49.8 Å². The number of alkyl halides is 2. The van der Waals surface area contributed by atoms with Gasteiger partial charge in [-0.15, -0.1) is 0 Å². The number of thiol groups is 1. The number of rotatable bonds is 10. The summed E-state index contributed by atoms with van der Waals surface area (Å²) in [6.07, 6.45) is 5.50. The average molecular weight is 426 g/mol. The minimum atomic E-state index is -2.51. The molecule has 0 spiro atoms. The lowest BCUT2D eigenvalue weighted by atomic mass is 9.85. The van der Waals surface area contributed by atoms with Gasteiger partial charge in [-0.2, -0.15) is 0 Å². The van der Waals surface area contributed by atoms with Gasteiger partial charge >= 0.3 is 0 Å². The highest BCUT2D eigenvalue weighted by molar-refractivity contribution is 7.78. The molecule has 0 atom stereocenters. The van der Waals surface area contributed by atoms with Crippen LogP contribution in [0.4, 0.5) is 14.5 Å². The van der Waals surface area contributed by atoms with E-state index in [2.05, 4.69) is 28.2 Å². The van der Waals surface area contributed by atoms with Gasteiger partial charge in [0, 0.05) is 37.7 Å². The predicted molar refractivity (Wildman–Crippen MR) is 114 cm³/mol. The van der Waals surface area contributed by atoms with Gasteiger partial charge in [0.05, 0.1) is 5.70 Å². The second kappa shape index (κ2) is 11.2. The molecule has 0 aromatic heterocycles. The van der Waals surface area contributed by atoms with Crippen LogP contribution in [0.25, 0.3) is 0 Å². The van der Waals surface area contributed by atoms with E-state index >= 15 is 0 Å². The summed E-state index contributed by atoms with van der Waals surface area (Å²) >= 11 is 3.86. The van der Waals surface area contributed by atoms with Crippen molar-refractivity contribution in [2.24, 2.45) is 5.92 Å². The van der Waals surface area contributed by atoms with Crippen LogP contribution in [-0.4, -0.2) is 31.7 Å². The molecule has 0 bridgehead atoms. The molecule has 0 heterocycles. The summed E-state index contributed by atoms with van der Waals surface area (Å²) < 4.78 is 28.9. The predicted octanol–water partition coefficient (Wildman–Crippen LogP) is 4.12. The molecule has 160 valence electrons. The van der Waals surface area contributed by atoms with Gasteiger partial charge in [-0.05, 0) is 55.7 Å². The van der Waals surface area contributed by atoms with E-state index in [0.717, 1.165) is 17.7 Å². The van der Waals surface area contributed by atoms with Crippen LogP contribution in [0.2, 0.25) is 0 Å². The maximum atomic E-state index is 13.2. The van der Waals surface area contributed by atoms with Crippen molar-refractivity contribution in [2.75, 3.05) is 18.9 Å². The van der Waals surface area contributed by atoms with Crippen LogP contribution in [0, 0.1) is 5.92 Å². The van der Waals surface area contributed by atoms with Gasteiger partial charge in [0.15, 0.2) is 6.29 Å². The van der Waals surface area contributed by atoms with Crippen LogP contribution >= 0.6 is 12.8 Å². The Balaban J connectivity index is 1.85. The van der Waals surface area contributed by atoms with Gasteiger partial charge in [-0.3, -0.25) is 9.59 Å². The van der Waals surface area contributed by atoms with Crippen LogP contribution in [0.15, 0.2) is 30.0 Å². The molecule has 1 amide bonds. The zero-order valence-corrected chi connectivity index (χ0v) is 17.5. The Morgan fingerprint density at radius 1 is 1.31 bits per heavy atom. The highest BCUT2D eigenvalue weighted by Gasteiger charge is 2.34.